The third-order valence-corrected chi connectivity index (χ3v) is 9.77. The predicted octanol–water partition coefficient (Wildman–Crippen LogP) is 5.45. The lowest BCUT2D eigenvalue weighted by Gasteiger charge is -2.34. The van der Waals surface area contributed by atoms with Crippen molar-refractivity contribution in [1.29, 1.82) is 0 Å². The fourth-order valence-electron chi connectivity index (χ4n) is 7.58. The molecule has 0 spiro atoms. The maximum atomic E-state index is 6.68. The van der Waals surface area contributed by atoms with Crippen molar-refractivity contribution in [2.45, 2.75) is 56.1 Å². The topological polar surface area (TPSA) is 66.4 Å². The van der Waals surface area contributed by atoms with Crippen LogP contribution in [0.3, 0.4) is 0 Å². The van der Waals surface area contributed by atoms with Crippen molar-refractivity contribution >= 4 is 39.2 Å². The summed E-state index contributed by atoms with van der Waals surface area (Å²) in [5.41, 5.74) is 3.84. The number of halogens is 1. The summed E-state index contributed by atoms with van der Waals surface area (Å²) in [7, 11) is 0. The van der Waals surface area contributed by atoms with E-state index in [-0.39, 0.29) is 5.54 Å². The number of anilines is 1. The molecule has 2 aromatic heterocycles. The van der Waals surface area contributed by atoms with E-state index in [2.05, 4.69) is 45.4 Å². The fraction of sp³-hybridized carbons (Fsp3) is 0.452. The molecule has 7 nitrogen and oxygen atoms in total. The number of fused-ring (bicyclic) bond motifs is 5. The number of pyridine rings is 1. The molecule has 2 bridgehead atoms. The Morgan fingerprint density at radius 2 is 1.77 bits per heavy atom. The van der Waals surface area contributed by atoms with E-state index >= 15 is 0 Å². The minimum atomic E-state index is 0.145. The van der Waals surface area contributed by atoms with Crippen LogP contribution in [0, 0.1) is 0 Å². The van der Waals surface area contributed by atoms with Gasteiger partial charge in [0, 0.05) is 47.3 Å². The zero-order valence-corrected chi connectivity index (χ0v) is 22.8. The largest absolute Gasteiger partial charge is 0.461 e. The smallest absolute Gasteiger partial charge is 0.319 e. The van der Waals surface area contributed by atoms with Crippen LogP contribution in [0.4, 0.5) is 5.82 Å². The quantitative estimate of drug-likeness (QED) is 0.361. The third-order valence-electron chi connectivity index (χ3n) is 9.46. The maximum Gasteiger partial charge on any atom is 0.319 e. The lowest BCUT2D eigenvalue weighted by Crippen LogP contribution is -2.51. The Labute approximate surface area is 233 Å². The molecule has 0 saturated carbocycles. The number of nitrogens with one attached hydrogen (secondary N) is 1. The van der Waals surface area contributed by atoms with Gasteiger partial charge in [-0.05, 0) is 74.7 Å². The molecule has 6 heterocycles. The zero-order chi connectivity index (χ0) is 26.0. The number of piperazine rings is 1. The Kier molecular flexibility index (Phi) is 5.68. The van der Waals surface area contributed by atoms with Gasteiger partial charge in [0.05, 0.1) is 11.1 Å². The molecule has 4 saturated heterocycles. The molecule has 4 fully saturated rings. The second-order valence-electron chi connectivity index (χ2n) is 11.8. The Hall–Kier alpha value is -3.00. The Bertz CT molecular complexity index is 1550. The van der Waals surface area contributed by atoms with Crippen LogP contribution in [0.15, 0.2) is 48.7 Å². The van der Waals surface area contributed by atoms with Crippen molar-refractivity contribution in [1.82, 2.24) is 25.2 Å². The highest BCUT2D eigenvalue weighted by molar-refractivity contribution is 6.36. The molecule has 2 aromatic carbocycles. The normalized spacial score (nSPS) is 24.1. The van der Waals surface area contributed by atoms with Crippen molar-refractivity contribution in [3.8, 4) is 17.1 Å². The van der Waals surface area contributed by atoms with E-state index in [1.54, 1.807) is 0 Å². The number of nitrogens with zero attached hydrogens (tertiary/aromatic N) is 5. The van der Waals surface area contributed by atoms with Gasteiger partial charge in [-0.25, -0.2) is 0 Å². The summed E-state index contributed by atoms with van der Waals surface area (Å²) < 4.78 is 6.48. The molecular formula is C31H33ClN6O. The molecule has 8 rings (SSSR count). The number of benzene rings is 2. The molecule has 4 aliphatic rings. The molecule has 0 radical (unpaired) electrons. The molecule has 8 heteroatoms. The van der Waals surface area contributed by atoms with Crippen LogP contribution in [-0.4, -0.2) is 70.3 Å². The molecular weight excluding hydrogens is 508 g/mol. The fourth-order valence-corrected chi connectivity index (χ4v) is 7.86. The second-order valence-corrected chi connectivity index (χ2v) is 12.2. The highest BCUT2D eigenvalue weighted by Crippen LogP contribution is 2.40. The highest BCUT2D eigenvalue weighted by atomic mass is 35.5. The van der Waals surface area contributed by atoms with Crippen LogP contribution in [-0.2, 0) is 0 Å². The summed E-state index contributed by atoms with van der Waals surface area (Å²) in [6.45, 7) is 4.87. The molecule has 4 aromatic rings. The lowest BCUT2D eigenvalue weighted by atomic mass is 9.95. The summed E-state index contributed by atoms with van der Waals surface area (Å²) in [5, 5.41) is 6.62. The second kappa shape index (κ2) is 9.29. The van der Waals surface area contributed by atoms with Crippen LogP contribution < -0.4 is 15.0 Å². The van der Waals surface area contributed by atoms with Crippen LogP contribution in [0.25, 0.3) is 32.9 Å². The molecule has 200 valence electrons. The molecule has 4 aliphatic heterocycles. The molecule has 0 amide bonds. The highest BCUT2D eigenvalue weighted by Gasteiger charge is 2.45. The first-order valence-electron chi connectivity index (χ1n) is 14.4. The average Bonchev–Trinajstić information content (AvgIpc) is 3.64. The van der Waals surface area contributed by atoms with E-state index in [4.69, 9.17) is 31.3 Å². The van der Waals surface area contributed by atoms with Gasteiger partial charge < -0.3 is 15.0 Å². The number of hydrogen-bond acceptors (Lipinski definition) is 7. The average molecular weight is 541 g/mol. The van der Waals surface area contributed by atoms with Gasteiger partial charge in [0.1, 0.15) is 12.1 Å². The van der Waals surface area contributed by atoms with E-state index in [0.717, 1.165) is 56.9 Å². The van der Waals surface area contributed by atoms with Crippen LogP contribution in [0.1, 0.15) is 38.5 Å². The molecule has 2 unspecified atom stereocenters. The number of hydrogen-bond donors (Lipinski definition) is 1. The predicted molar refractivity (Wildman–Crippen MR) is 156 cm³/mol. The van der Waals surface area contributed by atoms with Gasteiger partial charge >= 0.3 is 6.01 Å². The molecule has 0 aliphatic carbocycles. The third kappa shape index (κ3) is 4.05. The van der Waals surface area contributed by atoms with Crippen LogP contribution in [0.2, 0.25) is 5.02 Å². The minimum Gasteiger partial charge on any atom is -0.461 e. The van der Waals surface area contributed by atoms with Gasteiger partial charge in [-0.1, -0.05) is 41.9 Å². The van der Waals surface area contributed by atoms with Gasteiger partial charge in [-0.15, -0.1) is 0 Å². The summed E-state index contributed by atoms with van der Waals surface area (Å²) in [6, 6.07) is 15.9. The molecule has 2 atom stereocenters. The van der Waals surface area contributed by atoms with E-state index in [1.165, 1.54) is 51.6 Å². The molecule has 1 N–H and O–H groups in total. The SMILES string of the molecule is Clc1cccc2cccc(-c3cnc4c(N5CC6CCC(C5)N6)nc(OCC56CCCN5CCC6)nc4c3)c12. The number of rotatable bonds is 5. The van der Waals surface area contributed by atoms with E-state index in [9.17, 15) is 0 Å². The summed E-state index contributed by atoms with van der Waals surface area (Å²) in [5.74, 6) is 0.892. The van der Waals surface area contributed by atoms with Crippen molar-refractivity contribution in [3.63, 3.8) is 0 Å². The zero-order valence-electron chi connectivity index (χ0n) is 22.1. The van der Waals surface area contributed by atoms with Crippen LogP contribution >= 0.6 is 11.6 Å². The lowest BCUT2D eigenvalue weighted by molar-refractivity contribution is 0.108. The summed E-state index contributed by atoms with van der Waals surface area (Å²) in [6.07, 6.45) is 9.26. The van der Waals surface area contributed by atoms with Crippen LogP contribution in [0.5, 0.6) is 6.01 Å². The standard InChI is InChI=1S/C31H33ClN6O/c32-25-8-2-6-20-5-1-7-24(27(20)25)21-15-26-28(33-16-21)29(37-17-22-9-10-23(18-37)34-22)36-30(35-26)39-19-31-11-3-13-38(31)14-4-12-31/h1-2,5-8,15-16,22-23,34H,3-4,9-14,17-19H2. The Balaban J connectivity index is 1.22. The number of aromatic nitrogens is 3. The van der Waals surface area contributed by atoms with E-state index in [1.807, 2.05) is 18.3 Å². The molecule has 39 heavy (non-hydrogen) atoms. The van der Waals surface area contributed by atoms with Gasteiger partial charge in [-0.2, -0.15) is 9.97 Å². The van der Waals surface area contributed by atoms with Gasteiger partial charge in [-0.3, -0.25) is 9.88 Å². The first-order valence-corrected chi connectivity index (χ1v) is 14.8. The van der Waals surface area contributed by atoms with E-state index < -0.39 is 0 Å². The monoisotopic (exact) mass is 540 g/mol. The number of ether oxygens (including phenoxy) is 1. The maximum absolute atomic E-state index is 6.68. The van der Waals surface area contributed by atoms with Crippen molar-refractivity contribution in [2.75, 3.05) is 37.7 Å². The van der Waals surface area contributed by atoms with Crippen molar-refractivity contribution in [2.24, 2.45) is 0 Å². The summed E-state index contributed by atoms with van der Waals surface area (Å²) in [4.78, 5) is 20.0. The Morgan fingerprint density at radius 1 is 1.00 bits per heavy atom. The van der Waals surface area contributed by atoms with Gasteiger partial charge in [0.25, 0.3) is 0 Å². The van der Waals surface area contributed by atoms with E-state index in [0.29, 0.717) is 24.7 Å². The summed E-state index contributed by atoms with van der Waals surface area (Å²) >= 11 is 6.68. The minimum absolute atomic E-state index is 0.145. The first kappa shape index (κ1) is 23.9. The van der Waals surface area contributed by atoms with Crippen molar-refractivity contribution < 1.29 is 4.74 Å². The first-order chi connectivity index (χ1) is 19.1. The Morgan fingerprint density at radius 3 is 2.56 bits per heavy atom. The van der Waals surface area contributed by atoms with Crippen molar-refractivity contribution in [3.05, 3.63) is 53.7 Å². The van der Waals surface area contributed by atoms with Gasteiger partial charge in [0.2, 0.25) is 0 Å². The van der Waals surface area contributed by atoms with Gasteiger partial charge in [0.15, 0.2) is 5.82 Å².